The number of esters is 1. The lowest BCUT2D eigenvalue weighted by Gasteiger charge is -1.92. The molecule has 0 atom stereocenters. The summed E-state index contributed by atoms with van der Waals surface area (Å²) in [5.74, 6) is -0.375. The minimum Gasteiger partial charge on any atom is -0.464 e. The quantitative estimate of drug-likeness (QED) is 0.744. The van der Waals surface area contributed by atoms with Crippen LogP contribution in [-0.4, -0.2) is 18.1 Å². The lowest BCUT2D eigenvalue weighted by atomic mass is 10.4. The summed E-state index contributed by atoms with van der Waals surface area (Å²) in [5, 5.41) is 2.46. The first-order valence-electron chi connectivity index (χ1n) is 3.56. The number of rotatable bonds is 1. The number of halogens is 1. The molecule has 0 aliphatic heterocycles. The molecule has 0 saturated carbocycles. The van der Waals surface area contributed by atoms with Crippen molar-refractivity contribution in [1.29, 1.82) is 0 Å². The first-order valence-corrected chi connectivity index (χ1v) is 4.82. The van der Waals surface area contributed by atoms with E-state index in [-0.39, 0.29) is 5.97 Å². The van der Waals surface area contributed by atoms with Crippen LogP contribution in [0.2, 0.25) is 5.02 Å². The molecule has 0 aliphatic carbocycles. The van der Waals surface area contributed by atoms with Crippen molar-refractivity contribution >= 4 is 39.1 Å². The van der Waals surface area contributed by atoms with Gasteiger partial charge in [-0.3, -0.25) is 0 Å². The number of carbonyl (C=O) groups is 1. The summed E-state index contributed by atoms with van der Waals surface area (Å²) in [4.78, 5) is 14.0. The van der Waals surface area contributed by atoms with Crippen molar-refractivity contribution in [3.63, 3.8) is 0 Å². The van der Waals surface area contributed by atoms with Gasteiger partial charge in [-0.05, 0) is 6.07 Å². The van der Waals surface area contributed by atoms with Crippen LogP contribution in [0.4, 0.5) is 0 Å². The number of thiophene rings is 1. The Hall–Kier alpha value is -1.00. The molecule has 2 aromatic rings. The smallest absolute Gasteiger partial charge is 0.354 e. The van der Waals surface area contributed by atoms with Crippen LogP contribution >= 0.6 is 22.9 Å². The molecule has 0 bridgehead atoms. The topological polar surface area (TPSA) is 42.1 Å². The lowest BCUT2D eigenvalue weighted by Crippen LogP contribution is -2.00. The second kappa shape index (κ2) is 3.05. The summed E-state index contributed by atoms with van der Waals surface area (Å²) in [6, 6.07) is 1.73. The normalized spacial score (nSPS) is 10.6. The van der Waals surface area contributed by atoms with Gasteiger partial charge in [-0.15, -0.1) is 11.3 Å². The SMILES string of the molecule is COC(=O)c1cc2scc(Cl)c2[nH]1. The monoisotopic (exact) mass is 215 g/mol. The molecule has 0 aliphatic rings. The van der Waals surface area contributed by atoms with E-state index in [2.05, 4.69) is 9.72 Å². The van der Waals surface area contributed by atoms with Gasteiger partial charge in [0.05, 0.1) is 22.3 Å². The van der Waals surface area contributed by atoms with Crippen LogP contribution in [0.3, 0.4) is 0 Å². The third-order valence-electron chi connectivity index (χ3n) is 1.71. The summed E-state index contributed by atoms with van der Waals surface area (Å²) in [6.07, 6.45) is 0. The molecule has 68 valence electrons. The number of hydrogen-bond donors (Lipinski definition) is 1. The molecule has 0 fully saturated rings. The third kappa shape index (κ3) is 1.32. The van der Waals surface area contributed by atoms with E-state index in [9.17, 15) is 4.79 Å². The number of aromatic amines is 1. The van der Waals surface area contributed by atoms with E-state index < -0.39 is 0 Å². The summed E-state index contributed by atoms with van der Waals surface area (Å²) >= 11 is 7.35. The van der Waals surface area contributed by atoms with Gasteiger partial charge in [-0.2, -0.15) is 0 Å². The Balaban J connectivity index is 2.56. The molecule has 0 amide bonds. The molecule has 0 aromatic carbocycles. The van der Waals surface area contributed by atoms with Crippen molar-refractivity contribution in [2.75, 3.05) is 7.11 Å². The van der Waals surface area contributed by atoms with Gasteiger partial charge in [0.15, 0.2) is 0 Å². The van der Waals surface area contributed by atoms with Crippen molar-refractivity contribution in [3.8, 4) is 0 Å². The maximum absolute atomic E-state index is 11.1. The molecule has 0 unspecified atom stereocenters. The van der Waals surface area contributed by atoms with Gasteiger partial charge in [-0.1, -0.05) is 11.6 Å². The zero-order valence-corrected chi connectivity index (χ0v) is 8.33. The predicted octanol–water partition coefficient (Wildman–Crippen LogP) is 2.67. The summed E-state index contributed by atoms with van der Waals surface area (Å²) < 4.78 is 5.53. The number of fused-ring (bicyclic) bond motifs is 1. The van der Waals surface area contributed by atoms with Gasteiger partial charge in [0.25, 0.3) is 0 Å². The van der Waals surface area contributed by atoms with E-state index in [1.165, 1.54) is 18.4 Å². The second-order valence-corrected chi connectivity index (χ2v) is 3.82. The zero-order chi connectivity index (χ0) is 9.42. The molecule has 13 heavy (non-hydrogen) atoms. The highest BCUT2D eigenvalue weighted by Gasteiger charge is 2.11. The van der Waals surface area contributed by atoms with E-state index >= 15 is 0 Å². The molecular weight excluding hydrogens is 210 g/mol. The highest BCUT2D eigenvalue weighted by Crippen LogP contribution is 2.29. The maximum Gasteiger partial charge on any atom is 0.354 e. The van der Waals surface area contributed by atoms with Crippen molar-refractivity contribution in [3.05, 3.63) is 22.2 Å². The highest BCUT2D eigenvalue weighted by molar-refractivity contribution is 7.17. The van der Waals surface area contributed by atoms with Crippen molar-refractivity contribution < 1.29 is 9.53 Å². The predicted molar refractivity (Wildman–Crippen MR) is 52.5 cm³/mol. The number of carbonyl (C=O) groups excluding carboxylic acids is 1. The summed E-state index contributed by atoms with van der Waals surface area (Å²) in [6.45, 7) is 0. The third-order valence-corrected chi connectivity index (χ3v) is 3.07. The van der Waals surface area contributed by atoms with Gasteiger partial charge in [0, 0.05) is 5.38 Å². The molecule has 2 rings (SSSR count). The Bertz CT molecular complexity index is 460. The number of H-pyrrole nitrogens is 1. The van der Waals surface area contributed by atoms with E-state index in [0.29, 0.717) is 10.7 Å². The van der Waals surface area contributed by atoms with Crippen molar-refractivity contribution in [2.45, 2.75) is 0 Å². The zero-order valence-electron chi connectivity index (χ0n) is 6.76. The van der Waals surface area contributed by atoms with E-state index in [4.69, 9.17) is 11.6 Å². The molecular formula is C8H6ClNO2S. The van der Waals surface area contributed by atoms with Crippen LogP contribution in [-0.2, 0) is 4.74 Å². The number of nitrogens with one attached hydrogen (secondary N) is 1. The Morgan fingerprint density at radius 3 is 3.08 bits per heavy atom. The molecule has 2 heterocycles. The Morgan fingerprint density at radius 1 is 1.69 bits per heavy atom. The maximum atomic E-state index is 11.1. The van der Waals surface area contributed by atoms with Gasteiger partial charge >= 0.3 is 5.97 Å². The van der Waals surface area contributed by atoms with E-state index in [1.54, 1.807) is 6.07 Å². The molecule has 5 heteroatoms. The fourth-order valence-corrected chi connectivity index (χ4v) is 2.25. The highest BCUT2D eigenvalue weighted by atomic mass is 35.5. The first kappa shape index (κ1) is 8.59. The number of methoxy groups -OCH3 is 1. The summed E-state index contributed by atoms with van der Waals surface area (Å²) in [5.41, 5.74) is 1.23. The molecule has 0 saturated heterocycles. The van der Waals surface area contributed by atoms with Crippen LogP contribution < -0.4 is 0 Å². The number of aromatic nitrogens is 1. The van der Waals surface area contributed by atoms with Gasteiger partial charge in [0.1, 0.15) is 5.69 Å². The minimum absolute atomic E-state index is 0.375. The van der Waals surface area contributed by atoms with Crippen molar-refractivity contribution in [1.82, 2.24) is 4.98 Å². The van der Waals surface area contributed by atoms with E-state index in [0.717, 1.165) is 10.2 Å². The van der Waals surface area contributed by atoms with Gasteiger partial charge in [-0.25, -0.2) is 4.79 Å². The standard InChI is InChI=1S/C8H6ClNO2S/c1-12-8(11)5-2-6-7(10-5)4(9)3-13-6/h2-3,10H,1H3. The minimum atomic E-state index is -0.375. The van der Waals surface area contributed by atoms with Gasteiger partial charge in [0.2, 0.25) is 0 Å². The molecule has 0 spiro atoms. The Kier molecular flexibility index (Phi) is 2.01. The van der Waals surface area contributed by atoms with Crippen LogP contribution in [0, 0.1) is 0 Å². The molecule has 3 nitrogen and oxygen atoms in total. The van der Waals surface area contributed by atoms with Gasteiger partial charge < -0.3 is 9.72 Å². The molecule has 1 N–H and O–H groups in total. The number of hydrogen-bond acceptors (Lipinski definition) is 3. The summed E-state index contributed by atoms with van der Waals surface area (Å²) in [7, 11) is 1.35. The average Bonchev–Trinajstić information content (AvgIpc) is 2.67. The fraction of sp³-hybridized carbons (Fsp3) is 0.125. The average molecular weight is 216 g/mol. The Morgan fingerprint density at radius 2 is 2.46 bits per heavy atom. The first-order chi connectivity index (χ1) is 6.22. The van der Waals surface area contributed by atoms with Crippen LogP contribution in [0.15, 0.2) is 11.4 Å². The van der Waals surface area contributed by atoms with Crippen molar-refractivity contribution in [2.24, 2.45) is 0 Å². The number of ether oxygens (including phenoxy) is 1. The largest absolute Gasteiger partial charge is 0.464 e. The molecule has 0 radical (unpaired) electrons. The van der Waals surface area contributed by atoms with Crippen LogP contribution in [0.1, 0.15) is 10.5 Å². The van der Waals surface area contributed by atoms with Crippen LogP contribution in [0.25, 0.3) is 10.2 Å². The molecule has 2 aromatic heterocycles. The fourth-order valence-electron chi connectivity index (χ4n) is 1.10. The Labute approximate surface area is 83.3 Å². The second-order valence-electron chi connectivity index (χ2n) is 2.50. The van der Waals surface area contributed by atoms with E-state index in [1.807, 2.05) is 5.38 Å². The lowest BCUT2D eigenvalue weighted by molar-refractivity contribution is 0.0595. The van der Waals surface area contributed by atoms with Crippen LogP contribution in [0.5, 0.6) is 0 Å².